The van der Waals surface area contributed by atoms with Crippen LogP contribution in [0.25, 0.3) is 0 Å². The highest BCUT2D eigenvalue weighted by molar-refractivity contribution is 9.10. The van der Waals surface area contributed by atoms with Crippen LogP contribution in [0.5, 0.6) is 0 Å². The zero-order chi connectivity index (χ0) is 14.8. The molecule has 5 heteroatoms. The minimum atomic E-state index is 0.491. The van der Waals surface area contributed by atoms with E-state index in [1.54, 1.807) is 6.33 Å². The Morgan fingerprint density at radius 1 is 1.05 bits per heavy atom. The van der Waals surface area contributed by atoms with Gasteiger partial charge in [-0.05, 0) is 35.2 Å². The second-order valence-electron chi connectivity index (χ2n) is 5.08. The summed E-state index contributed by atoms with van der Waals surface area (Å²) in [5, 5.41) is 6.88. The quantitative estimate of drug-likeness (QED) is 0.639. The second kappa shape index (κ2) is 9.97. The molecule has 1 aromatic heterocycles. The molecule has 4 nitrogen and oxygen atoms in total. The van der Waals surface area contributed by atoms with Crippen molar-refractivity contribution in [3.05, 3.63) is 10.8 Å². The molecule has 0 fully saturated rings. The SMILES string of the molecule is CCCCC(CCC)Nc1ncnc(NCCC)c1Br. The lowest BCUT2D eigenvalue weighted by molar-refractivity contribution is 0.562. The van der Waals surface area contributed by atoms with Crippen LogP contribution in [0, 0.1) is 0 Å². The molecular formula is C15H27BrN4. The van der Waals surface area contributed by atoms with Gasteiger partial charge in [-0.1, -0.05) is 40.0 Å². The maximum absolute atomic E-state index is 4.37. The van der Waals surface area contributed by atoms with Crippen molar-refractivity contribution >= 4 is 27.6 Å². The highest BCUT2D eigenvalue weighted by Crippen LogP contribution is 2.28. The predicted molar refractivity (Wildman–Crippen MR) is 90.4 cm³/mol. The lowest BCUT2D eigenvalue weighted by Crippen LogP contribution is -2.20. The summed E-state index contributed by atoms with van der Waals surface area (Å²) in [6.07, 6.45) is 8.73. The fraction of sp³-hybridized carbons (Fsp3) is 0.733. The summed E-state index contributed by atoms with van der Waals surface area (Å²) >= 11 is 3.61. The van der Waals surface area contributed by atoms with E-state index in [0.29, 0.717) is 6.04 Å². The molecule has 0 aliphatic carbocycles. The minimum Gasteiger partial charge on any atom is -0.369 e. The van der Waals surface area contributed by atoms with Gasteiger partial charge >= 0.3 is 0 Å². The number of rotatable bonds is 10. The number of aromatic nitrogens is 2. The lowest BCUT2D eigenvalue weighted by atomic mass is 10.1. The molecule has 0 aromatic carbocycles. The molecule has 0 bridgehead atoms. The van der Waals surface area contributed by atoms with E-state index in [9.17, 15) is 0 Å². The van der Waals surface area contributed by atoms with Gasteiger partial charge in [-0.15, -0.1) is 0 Å². The van der Waals surface area contributed by atoms with E-state index >= 15 is 0 Å². The molecule has 0 radical (unpaired) electrons. The molecule has 0 aliphatic heterocycles. The van der Waals surface area contributed by atoms with Crippen LogP contribution in [-0.2, 0) is 0 Å². The summed E-state index contributed by atoms with van der Waals surface area (Å²) in [5.74, 6) is 1.77. The topological polar surface area (TPSA) is 49.8 Å². The first-order valence-electron chi connectivity index (χ1n) is 7.73. The maximum atomic E-state index is 4.37. The Hall–Kier alpha value is -0.840. The van der Waals surface area contributed by atoms with Gasteiger partial charge in [0.2, 0.25) is 0 Å². The lowest BCUT2D eigenvalue weighted by Gasteiger charge is -2.20. The highest BCUT2D eigenvalue weighted by atomic mass is 79.9. The van der Waals surface area contributed by atoms with Crippen molar-refractivity contribution < 1.29 is 0 Å². The van der Waals surface area contributed by atoms with E-state index in [0.717, 1.165) is 29.1 Å². The zero-order valence-electron chi connectivity index (χ0n) is 12.9. The fourth-order valence-electron chi connectivity index (χ4n) is 2.12. The third-order valence-electron chi connectivity index (χ3n) is 3.22. The Labute approximate surface area is 131 Å². The number of anilines is 2. The van der Waals surface area contributed by atoms with Gasteiger partial charge in [-0.25, -0.2) is 9.97 Å². The number of halogens is 1. The Morgan fingerprint density at radius 3 is 2.45 bits per heavy atom. The fourth-order valence-corrected chi connectivity index (χ4v) is 2.58. The van der Waals surface area contributed by atoms with Crippen molar-refractivity contribution in [2.75, 3.05) is 17.2 Å². The van der Waals surface area contributed by atoms with Crippen LogP contribution in [0.1, 0.15) is 59.3 Å². The molecule has 114 valence electrons. The summed E-state index contributed by atoms with van der Waals surface area (Å²) in [4.78, 5) is 8.65. The van der Waals surface area contributed by atoms with Gasteiger partial charge in [-0.2, -0.15) is 0 Å². The van der Waals surface area contributed by atoms with E-state index in [-0.39, 0.29) is 0 Å². The summed E-state index contributed by atoms with van der Waals surface area (Å²) in [5.41, 5.74) is 0. The van der Waals surface area contributed by atoms with Gasteiger partial charge in [0.25, 0.3) is 0 Å². The van der Waals surface area contributed by atoms with E-state index in [1.165, 1.54) is 32.1 Å². The molecule has 2 N–H and O–H groups in total. The Kier molecular flexibility index (Phi) is 8.58. The predicted octanol–water partition coefficient (Wildman–Crippen LogP) is 4.83. The summed E-state index contributed by atoms with van der Waals surface area (Å²) in [6, 6.07) is 0.491. The van der Waals surface area contributed by atoms with Crippen LogP contribution in [0.3, 0.4) is 0 Å². The van der Waals surface area contributed by atoms with E-state index < -0.39 is 0 Å². The Balaban J connectivity index is 2.73. The smallest absolute Gasteiger partial charge is 0.146 e. The summed E-state index contributed by atoms with van der Waals surface area (Å²) < 4.78 is 0.936. The van der Waals surface area contributed by atoms with E-state index in [2.05, 4.69) is 57.3 Å². The molecule has 20 heavy (non-hydrogen) atoms. The Bertz CT molecular complexity index is 384. The molecule has 1 atom stereocenters. The van der Waals surface area contributed by atoms with Gasteiger partial charge in [0.1, 0.15) is 22.4 Å². The minimum absolute atomic E-state index is 0.491. The average molecular weight is 343 g/mol. The standard InChI is InChI=1S/C15H27BrN4/c1-4-7-9-12(8-5-2)20-15-13(16)14(17-10-6-3)18-11-19-15/h11-12H,4-10H2,1-3H3,(H2,17,18,19,20). The first kappa shape index (κ1) is 17.2. The van der Waals surface area contributed by atoms with E-state index in [4.69, 9.17) is 0 Å². The largest absolute Gasteiger partial charge is 0.369 e. The first-order chi connectivity index (χ1) is 9.72. The van der Waals surface area contributed by atoms with Gasteiger partial charge < -0.3 is 10.6 Å². The van der Waals surface area contributed by atoms with Crippen molar-refractivity contribution in [1.29, 1.82) is 0 Å². The zero-order valence-corrected chi connectivity index (χ0v) is 14.5. The number of nitrogens with zero attached hydrogens (tertiary/aromatic N) is 2. The molecule has 1 aromatic rings. The molecule has 1 heterocycles. The maximum Gasteiger partial charge on any atom is 0.146 e. The molecule has 1 unspecified atom stereocenters. The normalized spacial score (nSPS) is 12.2. The van der Waals surface area contributed by atoms with Crippen molar-refractivity contribution in [3.63, 3.8) is 0 Å². The summed E-state index contributed by atoms with van der Waals surface area (Å²) in [7, 11) is 0. The van der Waals surface area contributed by atoms with Crippen LogP contribution < -0.4 is 10.6 Å². The number of unbranched alkanes of at least 4 members (excludes halogenated alkanes) is 1. The van der Waals surface area contributed by atoms with Gasteiger partial charge in [0.15, 0.2) is 0 Å². The third kappa shape index (κ3) is 5.65. The number of hydrogen-bond acceptors (Lipinski definition) is 4. The van der Waals surface area contributed by atoms with Crippen LogP contribution in [0.15, 0.2) is 10.8 Å². The van der Waals surface area contributed by atoms with Crippen LogP contribution in [-0.4, -0.2) is 22.6 Å². The molecule has 0 saturated heterocycles. The van der Waals surface area contributed by atoms with Crippen molar-refractivity contribution in [1.82, 2.24) is 9.97 Å². The van der Waals surface area contributed by atoms with Crippen LogP contribution in [0.2, 0.25) is 0 Å². The number of hydrogen-bond donors (Lipinski definition) is 2. The highest BCUT2D eigenvalue weighted by Gasteiger charge is 2.13. The van der Waals surface area contributed by atoms with Crippen molar-refractivity contribution in [2.24, 2.45) is 0 Å². The van der Waals surface area contributed by atoms with Crippen LogP contribution >= 0.6 is 15.9 Å². The molecular weight excluding hydrogens is 316 g/mol. The summed E-state index contributed by atoms with van der Waals surface area (Å²) in [6.45, 7) is 7.52. The monoisotopic (exact) mass is 342 g/mol. The second-order valence-corrected chi connectivity index (χ2v) is 5.88. The molecule has 0 saturated carbocycles. The van der Waals surface area contributed by atoms with E-state index in [1.807, 2.05) is 0 Å². The average Bonchev–Trinajstić information content (AvgIpc) is 2.45. The van der Waals surface area contributed by atoms with Gasteiger partial charge in [0.05, 0.1) is 0 Å². The van der Waals surface area contributed by atoms with Crippen molar-refractivity contribution in [3.8, 4) is 0 Å². The molecule has 0 aliphatic rings. The third-order valence-corrected chi connectivity index (χ3v) is 3.97. The van der Waals surface area contributed by atoms with Gasteiger partial charge in [-0.3, -0.25) is 0 Å². The van der Waals surface area contributed by atoms with Crippen molar-refractivity contribution in [2.45, 2.75) is 65.3 Å². The Morgan fingerprint density at radius 2 is 1.80 bits per heavy atom. The molecule has 0 spiro atoms. The van der Waals surface area contributed by atoms with Crippen LogP contribution in [0.4, 0.5) is 11.6 Å². The van der Waals surface area contributed by atoms with Gasteiger partial charge in [0, 0.05) is 12.6 Å². The number of nitrogens with one attached hydrogen (secondary N) is 2. The molecule has 1 rings (SSSR count). The first-order valence-corrected chi connectivity index (χ1v) is 8.53. The molecule has 0 amide bonds.